The molecule has 0 aliphatic carbocycles. The first-order valence-electron chi connectivity index (χ1n) is 5.92. The fourth-order valence-corrected chi connectivity index (χ4v) is 2.80. The molecule has 4 nitrogen and oxygen atoms in total. The smallest absolute Gasteiger partial charge is 0.320 e. The highest BCUT2D eigenvalue weighted by Gasteiger charge is 2.16. The number of pyridine rings is 1. The van der Waals surface area contributed by atoms with Gasteiger partial charge in [-0.3, -0.25) is 4.79 Å². The summed E-state index contributed by atoms with van der Waals surface area (Å²) in [4.78, 5) is 16.0. The van der Waals surface area contributed by atoms with Crippen LogP contribution in [0.5, 0.6) is 0 Å². The Bertz CT molecular complexity index is 622. The minimum absolute atomic E-state index is 0.232. The van der Waals surface area contributed by atoms with Crippen molar-refractivity contribution in [3.8, 4) is 0 Å². The molecule has 0 saturated heterocycles. The zero-order valence-electron chi connectivity index (χ0n) is 10.5. The van der Waals surface area contributed by atoms with Crippen LogP contribution in [0, 0.1) is 0 Å². The van der Waals surface area contributed by atoms with E-state index in [2.05, 4.69) is 4.98 Å². The number of benzene rings is 1. The SMILES string of the molecule is NC(Cc1cccnc1Sc1ccccc1Cl)C(=O)O. The number of carboxylic acids is 1. The van der Waals surface area contributed by atoms with Gasteiger partial charge in [-0.1, -0.05) is 41.6 Å². The average molecular weight is 309 g/mol. The van der Waals surface area contributed by atoms with E-state index in [1.165, 1.54) is 11.8 Å². The number of aliphatic carboxylic acids is 1. The fraction of sp³-hybridized carbons (Fsp3) is 0.143. The molecule has 0 saturated carbocycles. The summed E-state index contributed by atoms with van der Waals surface area (Å²) in [5.41, 5.74) is 6.38. The van der Waals surface area contributed by atoms with Crippen LogP contribution in [0.2, 0.25) is 5.02 Å². The molecule has 0 bridgehead atoms. The number of hydrogen-bond acceptors (Lipinski definition) is 4. The van der Waals surface area contributed by atoms with Crippen molar-refractivity contribution in [1.29, 1.82) is 0 Å². The van der Waals surface area contributed by atoms with Crippen LogP contribution in [-0.4, -0.2) is 22.1 Å². The van der Waals surface area contributed by atoms with E-state index in [9.17, 15) is 4.79 Å². The number of carboxylic acid groups (broad SMARTS) is 1. The molecule has 0 spiro atoms. The maximum absolute atomic E-state index is 10.9. The van der Waals surface area contributed by atoms with E-state index in [4.69, 9.17) is 22.4 Å². The summed E-state index contributed by atoms with van der Waals surface area (Å²) < 4.78 is 0. The van der Waals surface area contributed by atoms with Crippen LogP contribution in [0.15, 0.2) is 52.5 Å². The quantitative estimate of drug-likeness (QED) is 0.888. The number of carbonyl (C=O) groups is 1. The monoisotopic (exact) mass is 308 g/mol. The zero-order chi connectivity index (χ0) is 14.5. The Hall–Kier alpha value is -1.56. The Morgan fingerprint density at radius 2 is 2.10 bits per heavy atom. The number of hydrogen-bond donors (Lipinski definition) is 2. The Kier molecular flexibility index (Phi) is 5.00. The van der Waals surface area contributed by atoms with Gasteiger partial charge in [-0.25, -0.2) is 4.98 Å². The largest absolute Gasteiger partial charge is 0.480 e. The van der Waals surface area contributed by atoms with Crippen LogP contribution in [0.4, 0.5) is 0 Å². The van der Waals surface area contributed by atoms with Crippen LogP contribution in [0.3, 0.4) is 0 Å². The summed E-state index contributed by atoms with van der Waals surface area (Å²) in [6, 6.07) is 10.1. The molecule has 0 fully saturated rings. The lowest BCUT2D eigenvalue weighted by Crippen LogP contribution is -2.32. The highest BCUT2D eigenvalue weighted by molar-refractivity contribution is 7.99. The summed E-state index contributed by atoms with van der Waals surface area (Å²) in [5.74, 6) is -1.03. The predicted octanol–water partition coefficient (Wildman–Crippen LogP) is 2.84. The zero-order valence-corrected chi connectivity index (χ0v) is 12.1. The molecule has 1 aromatic carbocycles. The second kappa shape index (κ2) is 6.74. The standard InChI is InChI=1S/C14H13ClN2O2S/c15-10-5-1-2-6-12(10)20-13-9(4-3-7-17-13)8-11(16)14(18)19/h1-7,11H,8,16H2,(H,18,19). The molecule has 1 aromatic heterocycles. The fourth-order valence-electron chi connectivity index (χ4n) is 1.63. The number of rotatable bonds is 5. The van der Waals surface area contributed by atoms with Crippen LogP contribution in [0.25, 0.3) is 0 Å². The van der Waals surface area contributed by atoms with Gasteiger partial charge < -0.3 is 10.8 Å². The lowest BCUT2D eigenvalue weighted by Gasteiger charge is -2.11. The van der Waals surface area contributed by atoms with Crippen molar-refractivity contribution in [3.05, 3.63) is 53.2 Å². The van der Waals surface area contributed by atoms with Crippen molar-refractivity contribution in [2.24, 2.45) is 5.73 Å². The first-order valence-corrected chi connectivity index (χ1v) is 7.12. The van der Waals surface area contributed by atoms with Gasteiger partial charge in [0, 0.05) is 17.5 Å². The molecular weight excluding hydrogens is 296 g/mol. The molecule has 3 N–H and O–H groups in total. The van der Waals surface area contributed by atoms with Gasteiger partial charge in [0.1, 0.15) is 11.1 Å². The molecule has 1 atom stereocenters. The third-order valence-electron chi connectivity index (χ3n) is 2.65. The molecule has 6 heteroatoms. The van der Waals surface area contributed by atoms with Crippen molar-refractivity contribution in [3.63, 3.8) is 0 Å². The van der Waals surface area contributed by atoms with Gasteiger partial charge in [0.25, 0.3) is 0 Å². The lowest BCUT2D eigenvalue weighted by atomic mass is 10.1. The molecule has 1 unspecified atom stereocenters. The van der Waals surface area contributed by atoms with Crippen LogP contribution in [-0.2, 0) is 11.2 Å². The van der Waals surface area contributed by atoms with Gasteiger partial charge in [0.05, 0.1) is 5.02 Å². The average Bonchev–Trinajstić information content (AvgIpc) is 2.43. The van der Waals surface area contributed by atoms with Gasteiger partial charge in [-0.15, -0.1) is 0 Å². The van der Waals surface area contributed by atoms with E-state index in [0.29, 0.717) is 5.02 Å². The number of halogens is 1. The second-order valence-corrected chi connectivity index (χ2v) is 5.59. The Labute approximate surface area is 126 Å². The minimum atomic E-state index is -1.03. The van der Waals surface area contributed by atoms with E-state index < -0.39 is 12.0 Å². The van der Waals surface area contributed by atoms with E-state index in [1.54, 1.807) is 18.3 Å². The molecule has 2 aromatic rings. The molecule has 104 valence electrons. The van der Waals surface area contributed by atoms with Crippen LogP contribution in [0.1, 0.15) is 5.56 Å². The highest BCUT2D eigenvalue weighted by Crippen LogP contribution is 2.33. The topological polar surface area (TPSA) is 76.2 Å². The summed E-state index contributed by atoms with van der Waals surface area (Å²) in [7, 11) is 0. The van der Waals surface area contributed by atoms with Gasteiger partial charge in [-0.05, 0) is 23.8 Å². The predicted molar refractivity (Wildman–Crippen MR) is 79.1 cm³/mol. The number of nitrogens with zero attached hydrogens (tertiary/aromatic N) is 1. The third kappa shape index (κ3) is 3.72. The molecule has 0 aliphatic heterocycles. The third-order valence-corrected chi connectivity index (χ3v) is 4.23. The molecule has 0 aliphatic rings. The van der Waals surface area contributed by atoms with E-state index in [0.717, 1.165) is 15.5 Å². The Morgan fingerprint density at radius 1 is 1.35 bits per heavy atom. The van der Waals surface area contributed by atoms with Gasteiger partial charge in [-0.2, -0.15) is 0 Å². The normalized spacial score (nSPS) is 12.1. The molecule has 0 amide bonds. The van der Waals surface area contributed by atoms with Gasteiger partial charge >= 0.3 is 5.97 Å². The van der Waals surface area contributed by atoms with Crippen molar-refractivity contribution >= 4 is 29.3 Å². The van der Waals surface area contributed by atoms with Crippen molar-refractivity contribution in [1.82, 2.24) is 4.98 Å². The summed E-state index contributed by atoms with van der Waals surface area (Å²) >= 11 is 7.52. The highest BCUT2D eigenvalue weighted by atomic mass is 35.5. The van der Waals surface area contributed by atoms with E-state index in [-0.39, 0.29) is 6.42 Å². The first-order chi connectivity index (χ1) is 9.58. The second-order valence-electron chi connectivity index (χ2n) is 4.15. The molecule has 1 heterocycles. The Morgan fingerprint density at radius 3 is 2.80 bits per heavy atom. The van der Waals surface area contributed by atoms with Gasteiger partial charge in [0.15, 0.2) is 0 Å². The maximum atomic E-state index is 10.9. The lowest BCUT2D eigenvalue weighted by molar-refractivity contribution is -0.138. The number of nitrogens with two attached hydrogens (primary N) is 1. The Balaban J connectivity index is 2.24. The van der Waals surface area contributed by atoms with Crippen molar-refractivity contribution in [2.45, 2.75) is 22.4 Å². The first kappa shape index (κ1) is 14.8. The van der Waals surface area contributed by atoms with E-state index in [1.807, 2.05) is 24.3 Å². The van der Waals surface area contributed by atoms with Crippen molar-refractivity contribution in [2.75, 3.05) is 0 Å². The maximum Gasteiger partial charge on any atom is 0.320 e. The van der Waals surface area contributed by atoms with Crippen LogP contribution < -0.4 is 5.73 Å². The van der Waals surface area contributed by atoms with Crippen molar-refractivity contribution < 1.29 is 9.90 Å². The van der Waals surface area contributed by atoms with E-state index >= 15 is 0 Å². The molecule has 2 rings (SSSR count). The van der Waals surface area contributed by atoms with Gasteiger partial charge in [0.2, 0.25) is 0 Å². The molecular formula is C14H13ClN2O2S. The number of aromatic nitrogens is 1. The summed E-state index contributed by atoms with van der Waals surface area (Å²) in [6.07, 6.45) is 1.89. The molecule has 0 radical (unpaired) electrons. The summed E-state index contributed by atoms with van der Waals surface area (Å²) in [6.45, 7) is 0. The summed E-state index contributed by atoms with van der Waals surface area (Å²) in [5, 5.41) is 10.3. The minimum Gasteiger partial charge on any atom is -0.480 e. The molecule has 20 heavy (non-hydrogen) atoms. The van der Waals surface area contributed by atoms with Crippen LogP contribution >= 0.6 is 23.4 Å².